The van der Waals surface area contributed by atoms with Crippen molar-refractivity contribution in [1.82, 2.24) is 0 Å². The fourth-order valence-electron chi connectivity index (χ4n) is 3.40. The maximum atomic E-state index is 12.0. The largest absolute Gasteiger partial charge is 0.494 e. The van der Waals surface area contributed by atoms with E-state index in [1.807, 2.05) is 0 Å². The van der Waals surface area contributed by atoms with Crippen molar-refractivity contribution >= 4 is 5.78 Å². The van der Waals surface area contributed by atoms with E-state index in [4.69, 9.17) is 4.74 Å². The molecule has 0 radical (unpaired) electrons. The van der Waals surface area contributed by atoms with Crippen molar-refractivity contribution in [2.45, 2.75) is 59.0 Å². The van der Waals surface area contributed by atoms with Crippen LogP contribution < -0.4 is 0 Å². The van der Waals surface area contributed by atoms with Crippen LogP contribution in [0.3, 0.4) is 0 Å². The minimum absolute atomic E-state index is 0.169. The minimum Gasteiger partial charge on any atom is -0.494 e. The second-order valence-corrected chi connectivity index (χ2v) is 6.58. The van der Waals surface area contributed by atoms with Gasteiger partial charge in [-0.05, 0) is 37.3 Å². The fourth-order valence-corrected chi connectivity index (χ4v) is 3.40. The molecule has 0 saturated carbocycles. The fraction of sp³-hybridized carbons (Fsp3) is 0.688. The van der Waals surface area contributed by atoms with Crippen molar-refractivity contribution in [2.75, 3.05) is 0 Å². The average Bonchev–Trinajstić information content (AvgIpc) is 2.31. The first-order valence-corrected chi connectivity index (χ1v) is 7.11. The lowest BCUT2D eigenvalue weighted by molar-refractivity contribution is -0.122. The third-order valence-electron chi connectivity index (χ3n) is 4.92. The summed E-state index contributed by atoms with van der Waals surface area (Å²) in [5.74, 6) is 1.78. The Hall–Kier alpha value is -1.05. The molecule has 2 nitrogen and oxygen atoms in total. The molecule has 2 heteroatoms. The van der Waals surface area contributed by atoms with Crippen LogP contribution in [0.5, 0.6) is 0 Å². The van der Waals surface area contributed by atoms with E-state index >= 15 is 0 Å². The van der Waals surface area contributed by atoms with E-state index in [-0.39, 0.29) is 17.4 Å². The van der Waals surface area contributed by atoms with Crippen LogP contribution >= 0.6 is 0 Å². The number of allylic oxidation sites excluding steroid dienone is 4. The van der Waals surface area contributed by atoms with E-state index in [0.29, 0.717) is 5.78 Å². The van der Waals surface area contributed by atoms with Gasteiger partial charge in [-0.3, -0.25) is 4.79 Å². The van der Waals surface area contributed by atoms with Crippen molar-refractivity contribution in [1.29, 1.82) is 0 Å². The monoisotopic (exact) mass is 246 g/mol. The molecular weight excluding hydrogens is 224 g/mol. The summed E-state index contributed by atoms with van der Waals surface area (Å²) in [6, 6.07) is 0. The van der Waals surface area contributed by atoms with Crippen LogP contribution in [0.2, 0.25) is 0 Å². The number of hydrogen-bond acceptors (Lipinski definition) is 2. The molecule has 3 rings (SSSR count). The predicted molar refractivity (Wildman–Crippen MR) is 71.0 cm³/mol. The van der Waals surface area contributed by atoms with E-state index in [2.05, 4.69) is 26.8 Å². The third-order valence-corrected chi connectivity index (χ3v) is 4.92. The van der Waals surface area contributed by atoms with Crippen LogP contribution in [0, 0.1) is 11.3 Å². The Kier molecular flexibility index (Phi) is 2.65. The zero-order valence-electron chi connectivity index (χ0n) is 11.6. The molecular formula is C16H22O2. The normalized spacial score (nSPS) is 34.4. The summed E-state index contributed by atoms with van der Waals surface area (Å²) in [6.45, 7) is 6.68. The molecule has 0 saturated heterocycles. The molecule has 2 atom stereocenters. The SMILES string of the molecule is CC1OC2=C(CC1(C)C)C1=CCCC(=O)C1CC2. The first kappa shape index (κ1) is 12.0. The maximum absolute atomic E-state index is 12.0. The van der Waals surface area contributed by atoms with Gasteiger partial charge in [0.25, 0.3) is 0 Å². The highest BCUT2D eigenvalue weighted by atomic mass is 16.5. The topological polar surface area (TPSA) is 26.3 Å². The van der Waals surface area contributed by atoms with Crippen molar-refractivity contribution < 1.29 is 9.53 Å². The van der Waals surface area contributed by atoms with Crippen LogP contribution in [0.15, 0.2) is 23.0 Å². The summed E-state index contributed by atoms with van der Waals surface area (Å²) >= 11 is 0. The number of fused-ring (bicyclic) bond motifs is 2. The number of rotatable bonds is 0. The van der Waals surface area contributed by atoms with Gasteiger partial charge in [-0.2, -0.15) is 0 Å². The lowest BCUT2D eigenvalue weighted by Crippen LogP contribution is -2.37. The number of hydrogen-bond donors (Lipinski definition) is 0. The van der Waals surface area contributed by atoms with Gasteiger partial charge >= 0.3 is 0 Å². The first-order valence-electron chi connectivity index (χ1n) is 7.11. The summed E-state index contributed by atoms with van der Waals surface area (Å²) in [4.78, 5) is 12.0. The number of ketones is 1. The number of carbonyl (C=O) groups is 1. The maximum Gasteiger partial charge on any atom is 0.140 e. The van der Waals surface area contributed by atoms with Crippen molar-refractivity contribution in [3.05, 3.63) is 23.0 Å². The highest BCUT2D eigenvalue weighted by Gasteiger charge is 2.41. The highest BCUT2D eigenvalue weighted by molar-refractivity contribution is 5.86. The smallest absolute Gasteiger partial charge is 0.140 e. The minimum atomic E-state index is 0.169. The molecule has 18 heavy (non-hydrogen) atoms. The quantitative estimate of drug-likeness (QED) is 0.650. The molecule has 3 aliphatic rings. The Morgan fingerprint density at radius 1 is 1.33 bits per heavy atom. The van der Waals surface area contributed by atoms with E-state index in [9.17, 15) is 4.79 Å². The Labute approximate surface area is 109 Å². The lowest BCUT2D eigenvalue weighted by atomic mass is 9.69. The number of ether oxygens (including phenoxy) is 1. The molecule has 1 aliphatic heterocycles. The van der Waals surface area contributed by atoms with Crippen LogP contribution in [0.25, 0.3) is 0 Å². The van der Waals surface area contributed by atoms with Crippen LogP contribution in [-0.2, 0) is 9.53 Å². The summed E-state index contributed by atoms with van der Waals surface area (Å²) in [7, 11) is 0. The lowest BCUT2D eigenvalue weighted by Gasteiger charge is -2.43. The van der Waals surface area contributed by atoms with Crippen LogP contribution in [-0.4, -0.2) is 11.9 Å². The summed E-state index contributed by atoms with van der Waals surface area (Å²) in [5, 5.41) is 0. The van der Waals surface area contributed by atoms with Gasteiger partial charge in [-0.25, -0.2) is 0 Å². The van der Waals surface area contributed by atoms with Crippen LogP contribution in [0.1, 0.15) is 52.9 Å². The summed E-state index contributed by atoms with van der Waals surface area (Å²) in [6.07, 6.45) is 7.16. The molecule has 0 aromatic carbocycles. The standard InChI is InChI=1S/C16H22O2/c1-10-16(2,3)9-13-11-5-4-6-14(17)12(11)7-8-15(13)18-10/h5,10,12H,4,6-9H2,1-3H3. The summed E-state index contributed by atoms with van der Waals surface area (Å²) < 4.78 is 6.12. The van der Waals surface area contributed by atoms with Crippen LogP contribution in [0.4, 0.5) is 0 Å². The molecule has 1 heterocycles. The number of carbonyl (C=O) groups excluding carboxylic acids is 1. The number of Topliss-reactive ketones (excluding diaryl/α,β-unsaturated/α-hetero) is 1. The van der Waals surface area contributed by atoms with Gasteiger partial charge in [0.05, 0.1) is 5.76 Å². The molecule has 2 aliphatic carbocycles. The zero-order chi connectivity index (χ0) is 12.9. The second-order valence-electron chi connectivity index (χ2n) is 6.58. The van der Waals surface area contributed by atoms with E-state index in [1.54, 1.807) is 0 Å². The molecule has 0 spiro atoms. The average molecular weight is 246 g/mol. The predicted octanol–water partition coefficient (Wildman–Crippen LogP) is 3.77. The Morgan fingerprint density at radius 2 is 2.11 bits per heavy atom. The first-order chi connectivity index (χ1) is 8.49. The van der Waals surface area contributed by atoms with Crippen molar-refractivity contribution in [2.24, 2.45) is 11.3 Å². The van der Waals surface area contributed by atoms with Gasteiger partial charge in [0.2, 0.25) is 0 Å². The molecule has 0 aromatic rings. The Bertz CT molecular complexity index is 454. The molecule has 0 amide bonds. The van der Waals surface area contributed by atoms with Crippen molar-refractivity contribution in [3.63, 3.8) is 0 Å². The van der Waals surface area contributed by atoms with E-state index in [0.717, 1.165) is 32.1 Å². The third kappa shape index (κ3) is 1.73. The van der Waals surface area contributed by atoms with E-state index < -0.39 is 0 Å². The molecule has 98 valence electrons. The Morgan fingerprint density at radius 3 is 2.89 bits per heavy atom. The zero-order valence-corrected chi connectivity index (χ0v) is 11.6. The van der Waals surface area contributed by atoms with Gasteiger partial charge in [-0.15, -0.1) is 0 Å². The van der Waals surface area contributed by atoms with Gasteiger partial charge in [0.1, 0.15) is 11.9 Å². The van der Waals surface area contributed by atoms with Gasteiger partial charge in [-0.1, -0.05) is 19.9 Å². The second kappa shape index (κ2) is 3.97. The Balaban J connectivity index is 2.00. The highest BCUT2D eigenvalue weighted by Crippen LogP contribution is 2.48. The molecule has 0 N–H and O–H groups in total. The van der Waals surface area contributed by atoms with E-state index in [1.165, 1.54) is 16.9 Å². The van der Waals surface area contributed by atoms with Gasteiger partial charge in [0.15, 0.2) is 0 Å². The van der Waals surface area contributed by atoms with Gasteiger partial charge < -0.3 is 4.74 Å². The molecule has 0 bridgehead atoms. The molecule has 0 aromatic heterocycles. The molecule has 0 fully saturated rings. The van der Waals surface area contributed by atoms with Gasteiger partial charge in [0, 0.05) is 24.2 Å². The van der Waals surface area contributed by atoms with Crippen molar-refractivity contribution in [3.8, 4) is 0 Å². The summed E-state index contributed by atoms with van der Waals surface area (Å²) in [5.41, 5.74) is 2.82. The molecule has 2 unspecified atom stereocenters.